The average molecular weight is 155 g/mol. The van der Waals surface area contributed by atoms with E-state index in [-0.39, 0.29) is 0 Å². The first-order chi connectivity index (χ1) is 5.92. The summed E-state index contributed by atoms with van der Waals surface area (Å²) >= 11 is 0. The van der Waals surface area contributed by atoms with E-state index in [4.69, 9.17) is 5.26 Å². The molecule has 0 bridgehead atoms. The molecule has 0 aliphatic heterocycles. The summed E-state index contributed by atoms with van der Waals surface area (Å²) in [5.41, 5.74) is 1.40. The normalized spacial score (nSPS) is 9.58. The molecule has 2 aromatic rings. The fourth-order valence-corrected chi connectivity index (χ4v) is 1.12. The van der Waals surface area contributed by atoms with Crippen molar-refractivity contribution in [3.05, 3.63) is 36.0 Å². The highest BCUT2D eigenvalue weighted by Gasteiger charge is 1.98. The van der Waals surface area contributed by atoms with E-state index in [0.29, 0.717) is 5.56 Å². The lowest BCUT2D eigenvalue weighted by Gasteiger charge is -1.95. The summed E-state index contributed by atoms with van der Waals surface area (Å²) in [6, 6.07) is 9.30. The van der Waals surface area contributed by atoms with Gasteiger partial charge in [-0.3, -0.25) is 0 Å². The number of hydrogen-bond donors (Lipinski definition) is 0. The van der Waals surface area contributed by atoms with Crippen molar-refractivity contribution < 1.29 is 0 Å². The van der Waals surface area contributed by atoms with Crippen LogP contribution in [0.15, 0.2) is 30.5 Å². The molecule has 0 saturated carbocycles. The van der Waals surface area contributed by atoms with Gasteiger partial charge in [-0.15, -0.1) is 0 Å². The minimum absolute atomic E-state index is 0.641. The van der Waals surface area contributed by atoms with Crippen molar-refractivity contribution in [3.63, 3.8) is 0 Å². The van der Waals surface area contributed by atoms with Crippen LogP contribution < -0.4 is 0 Å². The zero-order valence-electron chi connectivity index (χ0n) is 6.23. The monoisotopic (exact) mass is 155 g/mol. The highest BCUT2D eigenvalue weighted by Crippen LogP contribution is 2.13. The third-order valence-corrected chi connectivity index (χ3v) is 1.68. The number of aromatic nitrogens is 2. The molecule has 12 heavy (non-hydrogen) atoms. The van der Waals surface area contributed by atoms with Gasteiger partial charge in [0.15, 0.2) is 0 Å². The van der Waals surface area contributed by atoms with E-state index in [1.807, 2.05) is 6.07 Å². The number of benzene rings is 1. The number of hydrogen-bond acceptors (Lipinski definition) is 3. The minimum Gasteiger partial charge on any atom is -0.192 e. The fourth-order valence-electron chi connectivity index (χ4n) is 1.12. The Labute approximate surface area is 69.3 Å². The van der Waals surface area contributed by atoms with Gasteiger partial charge in [0, 0.05) is 5.39 Å². The van der Waals surface area contributed by atoms with Crippen LogP contribution in [0.4, 0.5) is 0 Å². The quantitative estimate of drug-likeness (QED) is 0.579. The topological polar surface area (TPSA) is 49.6 Å². The standard InChI is InChI=1S/C9H5N3/c10-6-7-2-1-3-9-8(7)4-5-11-12-9/h1-5H. The fraction of sp³-hybridized carbons (Fsp3) is 0. The molecule has 0 fully saturated rings. The van der Waals surface area contributed by atoms with Crippen LogP contribution in [0.1, 0.15) is 5.56 Å². The van der Waals surface area contributed by atoms with E-state index in [9.17, 15) is 0 Å². The Morgan fingerprint density at radius 3 is 3.00 bits per heavy atom. The lowest BCUT2D eigenvalue weighted by Crippen LogP contribution is -1.84. The largest absolute Gasteiger partial charge is 0.192 e. The van der Waals surface area contributed by atoms with Crippen molar-refractivity contribution in [3.8, 4) is 6.07 Å². The first-order valence-electron chi connectivity index (χ1n) is 3.52. The Kier molecular flexibility index (Phi) is 1.45. The van der Waals surface area contributed by atoms with E-state index < -0.39 is 0 Å². The highest BCUT2D eigenvalue weighted by atomic mass is 15.1. The lowest BCUT2D eigenvalue weighted by molar-refractivity contribution is 1.08. The molecular weight excluding hydrogens is 150 g/mol. The second-order valence-corrected chi connectivity index (χ2v) is 2.38. The van der Waals surface area contributed by atoms with E-state index >= 15 is 0 Å². The van der Waals surface area contributed by atoms with Crippen LogP contribution >= 0.6 is 0 Å². The van der Waals surface area contributed by atoms with Crippen LogP contribution in [0.5, 0.6) is 0 Å². The van der Waals surface area contributed by atoms with Crippen molar-refractivity contribution in [1.82, 2.24) is 10.2 Å². The summed E-state index contributed by atoms with van der Waals surface area (Å²) in [5.74, 6) is 0. The maximum absolute atomic E-state index is 8.74. The molecule has 2 rings (SSSR count). The predicted molar refractivity (Wildman–Crippen MR) is 44.3 cm³/mol. The van der Waals surface area contributed by atoms with Crippen LogP contribution in [0.25, 0.3) is 10.9 Å². The van der Waals surface area contributed by atoms with Crippen LogP contribution in [-0.2, 0) is 0 Å². The van der Waals surface area contributed by atoms with Gasteiger partial charge in [0.2, 0.25) is 0 Å². The molecule has 1 aromatic carbocycles. The second kappa shape index (κ2) is 2.59. The number of nitrogens with zero attached hydrogens (tertiary/aromatic N) is 3. The molecule has 0 atom stereocenters. The molecule has 0 amide bonds. The molecule has 0 unspecified atom stereocenters. The third-order valence-electron chi connectivity index (χ3n) is 1.68. The smallest absolute Gasteiger partial charge is 0.0998 e. The van der Waals surface area contributed by atoms with E-state index in [1.165, 1.54) is 0 Å². The van der Waals surface area contributed by atoms with Gasteiger partial charge in [-0.05, 0) is 18.2 Å². The van der Waals surface area contributed by atoms with Gasteiger partial charge < -0.3 is 0 Å². The van der Waals surface area contributed by atoms with Crippen LogP contribution in [0.3, 0.4) is 0 Å². The molecule has 0 saturated heterocycles. The van der Waals surface area contributed by atoms with Crippen LogP contribution in [0.2, 0.25) is 0 Å². The van der Waals surface area contributed by atoms with Crippen molar-refractivity contribution in [2.45, 2.75) is 0 Å². The Bertz CT molecular complexity index is 451. The van der Waals surface area contributed by atoms with Gasteiger partial charge in [0.25, 0.3) is 0 Å². The minimum atomic E-state index is 0.641. The summed E-state index contributed by atoms with van der Waals surface area (Å²) in [4.78, 5) is 0. The lowest BCUT2D eigenvalue weighted by atomic mass is 10.1. The molecule has 1 heterocycles. The molecule has 3 heteroatoms. The van der Waals surface area contributed by atoms with Gasteiger partial charge in [0.05, 0.1) is 23.3 Å². The van der Waals surface area contributed by atoms with Crippen molar-refractivity contribution in [2.24, 2.45) is 0 Å². The number of nitriles is 1. The summed E-state index contributed by atoms with van der Waals surface area (Å²) < 4.78 is 0. The summed E-state index contributed by atoms with van der Waals surface area (Å²) in [5, 5.41) is 17.2. The van der Waals surface area contributed by atoms with Crippen LogP contribution in [0, 0.1) is 11.3 Å². The summed E-state index contributed by atoms with van der Waals surface area (Å²) in [6.07, 6.45) is 1.59. The Hall–Kier alpha value is -1.95. The first-order valence-corrected chi connectivity index (χ1v) is 3.52. The molecule has 0 N–H and O–H groups in total. The maximum atomic E-state index is 8.74. The molecule has 3 nitrogen and oxygen atoms in total. The zero-order chi connectivity index (χ0) is 8.39. The molecule has 1 aromatic heterocycles. The van der Waals surface area contributed by atoms with Gasteiger partial charge in [-0.1, -0.05) is 6.07 Å². The number of rotatable bonds is 0. The van der Waals surface area contributed by atoms with Crippen molar-refractivity contribution in [1.29, 1.82) is 5.26 Å². The van der Waals surface area contributed by atoms with E-state index in [2.05, 4.69) is 16.3 Å². The number of fused-ring (bicyclic) bond motifs is 1. The molecular formula is C9H5N3. The van der Waals surface area contributed by atoms with Crippen molar-refractivity contribution >= 4 is 10.9 Å². The van der Waals surface area contributed by atoms with E-state index in [1.54, 1.807) is 24.4 Å². The van der Waals surface area contributed by atoms with Gasteiger partial charge in [-0.2, -0.15) is 15.5 Å². The Balaban J connectivity index is 2.91. The molecule has 0 aliphatic carbocycles. The summed E-state index contributed by atoms with van der Waals surface area (Å²) in [6.45, 7) is 0. The predicted octanol–water partition coefficient (Wildman–Crippen LogP) is 1.50. The van der Waals surface area contributed by atoms with Crippen LogP contribution in [-0.4, -0.2) is 10.2 Å². The molecule has 0 aliphatic rings. The van der Waals surface area contributed by atoms with Gasteiger partial charge >= 0.3 is 0 Å². The molecule has 0 spiro atoms. The third kappa shape index (κ3) is 0.903. The zero-order valence-corrected chi connectivity index (χ0v) is 6.23. The summed E-state index contributed by atoms with van der Waals surface area (Å²) in [7, 11) is 0. The van der Waals surface area contributed by atoms with Gasteiger partial charge in [-0.25, -0.2) is 0 Å². The maximum Gasteiger partial charge on any atom is 0.0998 e. The van der Waals surface area contributed by atoms with Crippen molar-refractivity contribution in [2.75, 3.05) is 0 Å². The SMILES string of the molecule is N#Cc1cccc2nnccc12. The van der Waals surface area contributed by atoms with Gasteiger partial charge in [0.1, 0.15) is 0 Å². The highest BCUT2D eigenvalue weighted by molar-refractivity contribution is 5.83. The van der Waals surface area contributed by atoms with E-state index in [0.717, 1.165) is 10.9 Å². The molecule has 56 valence electrons. The first kappa shape index (κ1) is 6.74. The average Bonchev–Trinajstić information content (AvgIpc) is 2.17. The second-order valence-electron chi connectivity index (χ2n) is 2.38. The Morgan fingerprint density at radius 1 is 1.25 bits per heavy atom. The molecule has 0 radical (unpaired) electrons. The Morgan fingerprint density at radius 2 is 2.17 bits per heavy atom.